The Hall–Kier alpha value is -3.35. The van der Waals surface area contributed by atoms with Gasteiger partial charge >= 0.3 is 17.7 Å². The summed E-state index contributed by atoms with van der Waals surface area (Å²) in [6, 6.07) is 2.65. The number of rotatable bonds is 6. The zero-order valence-electron chi connectivity index (χ0n) is 14.7. The normalized spacial score (nSPS) is 11.8. The van der Waals surface area contributed by atoms with Crippen LogP contribution in [-0.2, 0) is 9.53 Å². The quantitative estimate of drug-likeness (QED) is 0.574. The third kappa shape index (κ3) is 5.94. The molecular weight excluding hydrogens is 346 g/mol. The number of carboxylic acid groups (broad SMARTS) is 1. The van der Waals surface area contributed by atoms with Crippen LogP contribution < -0.4 is 10.1 Å². The standard InChI is InChI=1S/C16H19N3O7/c1-9-5-13(12(19(23)24)6-10(9)7-17)25-8-11(14(20)21)18-15(22)26-16(2,3)4/h5-6,11H,8H2,1-4H3,(H,18,22)(H,20,21)/t11-/m0/s1. The molecule has 0 bridgehead atoms. The van der Waals surface area contributed by atoms with Crippen LogP contribution in [0.1, 0.15) is 31.9 Å². The molecule has 1 atom stereocenters. The minimum atomic E-state index is -1.49. The fraction of sp³-hybridized carbons (Fsp3) is 0.438. The third-order valence-corrected chi connectivity index (χ3v) is 3.02. The molecule has 0 heterocycles. The highest BCUT2D eigenvalue weighted by Crippen LogP contribution is 2.30. The Morgan fingerprint density at radius 2 is 2.04 bits per heavy atom. The number of aryl methyl sites for hydroxylation is 1. The number of hydrogen-bond acceptors (Lipinski definition) is 7. The van der Waals surface area contributed by atoms with Gasteiger partial charge in [-0.1, -0.05) is 0 Å². The molecule has 0 aromatic heterocycles. The van der Waals surface area contributed by atoms with Crippen molar-refractivity contribution in [3.8, 4) is 11.8 Å². The van der Waals surface area contributed by atoms with E-state index in [1.165, 1.54) is 6.07 Å². The van der Waals surface area contributed by atoms with E-state index in [1.807, 2.05) is 6.07 Å². The van der Waals surface area contributed by atoms with Crippen LogP contribution in [0.25, 0.3) is 0 Å². The lowest BCUT2D eigenvalue weighted by Crippen LogP contribution is -2.46. The smallest absolute Gasteiger partial charge is 0.408 e. The fourth-order valence-electron chi connectivity index (χ4n) is 1.85. The highest BCUT2D eigenvalue weighted by Gasteiger charge is 2.26. The van der Waals surface area contributed by atoms with Gasteiger partial charge in [0.05, 0.1) is 16.6 Å². The van der Waals surface area contributed by atoms with Crippen molar-refractivity contribution < 1.29 is 29.1 Å². The van der Waals surface area contributed by atoms with Gasteiger partial charge in [-0.25, -0.2) is 9.59 Å². The van der Waals surface area contributed by atoms with Crippen molar-refractivity contribution in [3.05, 3.63) is 33.4 Å². The number of nitro groups is 1. The first kappa shape index (κ1) is 20.7. The lowest BCUT2D eigenvalue weighted by molar-refractivity contribution is -0.385. The second kappa shape index (κ2) is 8.15. The van der Waals surface area contributed by atoms with Gasteiger partial charge in [-0.3, -0.25) is 10.1 Å². The Labute approximate surface area is 149 Å². The predicted octanol–water partition coefficient (Wildman–Crippen LogP) is 2.13. The molecule has 0 spiro atoms. The van der Waals surface area contributed by atoms with Crippen LogP contribution in [-0.4, -0.2) is 40.3 Å². The van der Waals surface area contributed by atoms with Gasteiger partial charge in [-0.15, -0.1) is 0 Å². The maximum Gasteiger partial charge on any atom is 0.408 e. The van der Waals surface area contributed by atoms with Crippen LogP contribution >= 0.6 is 0 Å². The monoisotopic (exact) mass is 365 g/mol. The average molecular weight is 365 g/mol. The topological polar surface area (TPSA) is 152 Å². The summed E-state index contributed by atoms with van der Waals surface area (Å²) in [5.41, 5.74) is -0.767. The van der Waals surface area contributed by atoms with Gasteiger partial charge in [0, 0.05) is 6.07 Å². The van der Waals surface area contributed by atoms with Crippen molar-refractivity contribution >= 4 is 17.7 Å². The zero-order chi connectivity index (χ0) is 20.1. The first-order chi connectivity index (χ1) is 11.9. The lowest BCUT2D eigenvalue weighted by Gasteiger charge is -2.22. The molecule has 0 unspecified atom stereocenters. The molecule has 26 heavy (non-hydrogen) atoms. The van der Waals surface area contributed by atoms with Crippen LogP contribution in [0.2, 0.25) is 0 Å². The van der Waals surface area contributed by atoms with Gasteiger partial charge in [0.25, 0.3) is 0 Å². The number of nitro benzene ring substituents is 1. The van der Waals surface area contributed by atoms with E-state index in [-0.39, 0.29) is 11.3 Å². The zero-order valence-corrected chi connectivity index (χ0v) is 14.7. The largest absolute Gasteiger partial charge is 0.484 e. The number of amides is 1. The van der Waals surface area contributed by atoms with Crippen molar-refractivity contribution in [3.63, 3.8) is 0 Å². The summed E-state index contributed by atoms with van der Waals surface area (Å²) in [5.74, 6) is -1.60. The molecule has 0 radical (unpaired) electrons. The summed E-state index contributed by atoms with van der Waals surface area (Å²) in [6.45, 7) is 5.83. The number of carboxylic acids is 1. The molecule has 1 aromatic carbocycles. The Bertz CT molecular complexity index is 762. The van der Waals surface area contributed by atoms with Gasteiger partial charge in [-0.05, 0) is 39.3 Å². The van der Waals surface area contributed by atoms with Gasteiger partial charge in [0.1, 0.15) is 12.2 Å². The minimum absolute atomic E-state index is 0.103. The van der Waals surface area contributed by atoms with Crippen LogP contribution in [0.4, 0.5) is 10.5 Å². The number of benzene rings is 1. The molecule has 2 N–H and O–H groups in total. The summed E-state index contributed by atoms with van der Waals surface area (Å²) in [7, 11) is 0. The molecule has 0 saturated carbocycles. The molecule has 10 heteroatoms. The van der Waals surface area contributed by atoms with Gasteiger partial charge < -0.3 is 19.9 Å². The number of nitriles is 1. The minimum Gasteiger partial charge on any atom is -0.484 e. The molecule has 0 aliphatic heterocycles. The molecule has 0 fully saturated rings. The number of alkyl carbamates (subject to hydrolysis) is 1. The number of ether oxygens (including phenoxy) is 2. The SMILES string of the molecule is Cc1cc(OC[C@H](NC(=O)OC(C)(C)C)C(=O)O)c([N+](=O)[O-])cc1C#N. The summed E-state index contributed by atoms with van der Waals surface area (Å²) in [6.07, 6.45) is -0.959. The van der Waals surface area contributed by atoms with Gasteiger partial charge in [-0.2, -0.15) is 5.26 Å². The predicted molar refractivity (Wildman–Crippen MR) is 88.8 cm³/mol. The first-order valence-electron chi connectivity index (χ1n) is 7.49. The van der Waals surface area contributed by atoms with E-state index in [9.17, 15) is 24.8 Å². The van der Waals surface area contributed by atoms with Crippen LogP contribution in [0.15, 0.2) is 12.1 Å². The van der Waals surface area contributed by atoms with Crippen molar-refractivity contribution in [2.75, 3.05) is 6.61 Å². The fourth-order valence-corrected chi connectivity index (χ4v) is 1.85. The summed E-state index contributed by atoms with van der Waals surface area (Å²) >= 11 is 0. The van der Waals surface area contributed by atoms with Crippen molar-refractivity contribution in [1.82, 2.24) is 5.32 Å². The number of nitrogens with zero attached hydrogens (tertiary/aromatic N) is 2. The Morgan fingerprint density at radius 3 is 2.50 bits per heavy atom. The molecule has 0 saturated heterocycles. The molecule has 0 aliphatic carbocycles. The molecule has 1 amide bonds. The Balaban J connectivity index is 2.95. The molecule has 0 aliphatic rings. The maximum atomic E-state index is 11.7. The highest BCUT2D eigenvalue weighted by atomic mass is 16.6. The molecule has 1 rings (SSSR count). The molecule has 10 nitrogen and oxygen atoms in total. The summed E-state index contributed by atoms with van der Waals surface area (Å²) in [4.78, 5) is 33.4. The lowest BCUT2D eigenvalue weighted by atomic mass is 10.1. The molecule has 140 valence electrons. The van der Waals surface area contributed by atoms with E-state index in [0.29, 0.717) is 5.56 Å². The van der Waals surface area contributed by atoms with E-state index in [4.69, 9.17) is 14.7 Å². The second-order valence-corrected chi connectivity index (χ2v) is 6.35. The second-order valence-electron chi connectivity index (χ2n) is 6.35. The van der Waals surface area contributed by atoms with Crippen LogP contribution in [0.3, 0.4) is 0 Å². The van der Waals surface area contributed by atoms with E-state index < -0.39 is 40.9 Å². The number of nitrogens with one attached hydrogen (secondary N) is 1. The summed E-state index contributed by atoms with van der Waals surface area (Å²) < 4.78 is 10.2. The van der Waals surface area contributed by atoms with Crippen molar-refractivity contribution in [2.24, 2.45) is 0 Å². The van der Waals surface area contributed by atoms with E-state index in [1.54, 1.807) is 27.7 Å². The average Bonchev–Trinajstić information content (AvgIpc) is 2.48. The third-order valence-electron chi connectivity index (χ3n) is 3.02. The Kier molecular flexibility index (Phi) is 6.49. The number of aliphatic carboxylic acids is 1. The van der Waals surface area contributed by atoms with E-state index >= 15 is 0 Å². The van der Waals surface area contributed by atoms with Crippen LogP contribution in [0.5, 0.6) is 5.75 Å². The highest BCUT2D eigenvalue weighted by molar-refractivity contribution is 5.80. The van der Waals surface area contributed by atoms with Gasteiger partial charge in [0.2, 0.25) is 0 Å². The van der Waals surface area contributed by atoms with Gasteiger partial charge in [0.15, 0.2) is 11.8 Å². The molecular formula is C16H19N3O7. The van der Waals surface area contributed by atoms with E-state index in [0.717, 1.165) is 6.07 Å². The Morgan fingerprint density at radius 1 is 1.42 bits per heavy atom. The maximum absolute atomic E-state index is 11.7. The summed E-state index contributed by atoms with van der Waals surface area (Å²) in [5, 5.41) is 31.4. The van der Waals surface area contributed by atoms with E-state index in [2.05, 4.69) is 5.32 Å². The number of carbonyl (C=O) groups is 2. The van der Waals surface area contributed by atoms with Crippen molar-refractivity contribution in [1.29, 1.82) is 5.26 Å². The first-order valence-corrected chi connectivity index (χ1v) is 7.49. The molecule has 1 aromatic rings. The number of carbonyl (C=O) groups excluding carboxylic acids is 1. The van der Waals surface area contributed by atoms with Crippen LogP contribution in [0, 0.1) is 28.4 Å². The number of hydrogen-bond donors (Lipinski definition) is 2. The van der Waals surface area contributed by atoms with Crippen molar-refractivity contribution in [2.45, 2.75) is 39.3 Å².